The van der Waals surface area contributed by atoms with Crippen LogP contribution in [0.25, 0.3) is 0 Å². The number of sulfonamides is 1. The van der Waals surface area contributed by atoms with Gasteiger partial charge in [0.2, 0.25) is 10.0 Å². The zero-order valence-electron chi connectivity index (χ0n) is 14.7. The number of hydrogen-bond acceptors (Lipinski definition) is 4. The monoisotopic (exact) mass is 353 g/mol. The highest BCUT2D eigenvalue weighted by Crippen LogP contribution is 2.19. The predicted octanol–water partition coefficient (Wildman–Crippen LogP) is 1.49. The molecule has 0 bridgehead atoms. The molecule has 1 amide bonds. The molecule has 1 aliphatic heterocycles. The summed E-state index contributed by atoms with van der Waals surface area (Å²) in [5, 5.41) is 0. The largest absolute Gasteiger partial charge is 0.339 e. The van der Waals surface area contributed by atoms with E-state index < -0.39 is 10.0 Å². The van der Waals surface area contributed by atoms with Crippen molar-refractivity contribution >= 4 is 15.9 Å². The molecule has 6 nitrogen and oxygen atoms in total. The van der Waals surface area contributed by atoms with E-state index in [0.717, 1.165) is 19.6 Å². The molecule has 0 aromatic heterocycles. The maximum Gasteiger partial charge on any atom is 0.253 e. The van der Waals surface area contributed by atoms with E-state index in [0.29, 0.717) is 31.7 Å². The third-order valence-corrected chi connectivity index (χ3v) is 6.44. The van der Waals surface area contributed by atoms with Crippen molar-refractivity contribution in [3.8, 4) is 0 Å². The highest BCUT2D eigenvalue weighted by molar-refractivity contribution is 7.89. The van der Waals surface area contributed by atoms with Crippen LogP contribution in [-0.2, 0) is 10.0 Å². The van der Waals surface area contributed by atoms with Gasteiger partial charge in [-0.05, 0) is 38.6 Å². The second kappa shape index (κ2) is 8.09. The molecule has 0 saturated carbocycles. The van der Waals surface area contributed by atoms with Gasteiger partial charge >= 0.3 is 0 Å². The van der Waals surface area contributed by atoms with Crippen molar-refractivity contribution in [1.29, 1.82) is 0 Å². The average molecular weight is 353 g/mol. The van der Waals surface area contributed by atoms with Gasteiger partial charge in [0.05, 0.1) is 4.90 Å². The second-order valence-corrected chi connectivity index (χ2v) is 7.78. The molecule has 0 unspecified atom stereocenters. The van der Waals surface area contributed by atoms with Gasteiger partial charge in [0.15, 0.2) is 0 Å². The summed E-state index contributed by atoms with van der Waals surface area (Å²) in [6.07, 6.45) is 0. The highest BCUT2D eigenvalue weighted by atomic mass is 32.2. The number of nitrogens with zero attached hydrogens (tertiary/aromatic N) is 3. The number of rotatable bonds is 6. The van der Waals surface area contributed by atoms with Crippen LogP contribution in [0, 0.1) is 0 Å². The average Bonchev–Trinajstić information content (AvgIpc) is 2.62. The number of benzene rings is 1. The second-order valence-electron chi connectivity index (χ2n) is 5.84. The van der Waals surface area contributed by atoms with Gasteiger partial charge in [-0.3, -0.25) is 4.79 Å². The van der Waals surface area contributed by atoms with Gasteiger partial charge in [-0.15, -0.1) is 0 Å². The summed E-state index contributed by atoms with van der Waals surface area (Å²) in [4.78, 5) is 16.6. The first-order valence-electron chi connectivity index (χ1n) is 8.55. The normalized spacial score (nSPS) is 17.0. The fraction of sp³-hybridized carbons (Fsp3) is 0.588. The Morgan fingerprint density at radius 3 is 2.25 bits per heavy atom. The van der Waals surface area contributed by atoms with E-state index in [1.54, 1.807) is 23.1 Å². The zero-order valence-corrected chi connectivity index (χ0v) is 15.6. The van der Waals surface area contributed by atoms with Crippen molar-refractivity contribution in [1.82, 2.24) is 14.1 Å². The van der Waals surface area contributed by atoms with E-state index in [-0.39, 0.29) is 10.8 Å². The molecule has 0 radical (unpaired) electrons. The van der Waals surface area contributed by atoms with E-state index in [1.807, 2.05) is 13.8 Å². The van der Waals surface area contributed by atoms with Crippen molar-refractivity contribution in [2.75, 3.05) is 45.8 Å². The summed E-state index contributed by atoms with van der Waals surface area (Å²) in [7, 11) is -3.55. The molecular formula is C17H27N3O3S. The number of piperazine rings is 1. The Balaban J connectivity index is 2.22. The number of carbonyl (C=O) groups is 1. The first-order valence-corrected chi connectivity index (χ1v) is 9.99. The summed E-state index contributed by atoms with van der Waals surface area (Å²) < 4.78 is 27.2. The molecule has 2 rings (SSSR count). The summed E-state index contributed by atoms with van der Waals surface area (Å²) in [5.41, 5.74) is 0.423. The number of hydrogen-bond donors (Lipinski definition) is 0. The van der Waals surface area contributed by atoms with Gasteiger partial charge in [0.25, 0.3) is 5.91 Å². The SMILES string of the molecule is CCN1CCN(S(=O)(=O)c2cccc(C(=O)N(CC)CC)c2)CC1. The van der Waals surface area contributed by atoms with E-state index in [9.17, 15) is 13.2 Å². The van der Waals surface area contributed by atoms with E-state index in [1.165, 1.54) is 10.4 Å². The topological polar surface area (TPSA) is 60.9 Å². The first kappa shape index (κ1) is 18.9. The lowest BCUT2D eigenvalue weighted by Gasteiger charge is -2.33. The van der Waals surface area contributed by atoms with Crippen LogP contribution in [-0.4, -0.2) is 74.2 Å². The summed E-state index contributed by atoms with van der Waals surface area (Å²) in [6, 6.07) is 6.39. The highest BCUT2D eigenvalue weighted by Gasteiger charge is 2.28. The number of amides is 1. The van der Waals surface area contributed by atoms with Crippen molar-refractivity contribution in [2.24, 2.45) is 0 Å². The van der Waals surface area contributed by atoms with Gasteiger partial charge in [-0.1, -0.05) is 13.0 Å². The standard InChI is InChI=1S/C17H27N3O3S/c1-4-18-10-12-20(13-11-18)24(22,23)16-9-7-8-15(14-16)17(21)19(5-2)6-3/h7-9,14H,4-6,10-13H2,1-3H3. The van der Waals surface area contributed by atoms with Gasteiger partial charge in [-0.2, -0.15) is 4.31 Å². The number of carbonyl (C=O) groups excluding carboxylic acids is 1. The maximum atomic E-state index is 12.8. The van der Waals surface area contributed by atoms with E-state index >= 15 is 0 Å². The molecule has 7 heteroatoms. The molecule has 1 saturated heterocycles. The Kier molecular flexibility index (Phi) is 6.37. The molecule has 1 heterocycles. The Bertz CT molecular complexity index is 663. The first-order chi connectivity index (χ1) is 11.4. The van der Waals surface area contributed by atoms with Crippen LogP contribution >= 0.6 is 0 Å². The van der Waals surface area contributed by atoms with Crippen LogP contribution < -0.4 is 0 Å². The fourth-order valence-corrected chi connectivity index (χ4v) is 4.39. The quantitative estimate of drug-likeness (QED) is 0.777. The third kappa shape index (κ3) is 3.96. The van der Waals surface area contributed by atoms with Crippen molar-refractivity contribution in [3.63, 3.8) is 0 Å². The van der Waals surface area contributed by atoms with Crippen molar-refractivity contribution in [3.05, 3.63) is 29.8 Å². The van der Waals surface area contributed by atoms with Crippen LogP contribution in [0.2, 0.25) is 0 Å². The third-order valence-electron chi connectivity index (χ3n) is 4.55. The zero-order chi connectivity index (χ0) is 17.7. The Morgan fingerprint density at radius 2 is 1.71 bits per heavy atom. The van der Waals surface area contributed by atoms with Crippen LogP contribution in [0.4, 0.5) is 0 Å². The summed E-state index contributed by atoms with van der Waals surface area (Å²) >= 11 is 0. The van der Waals surface area contributed by atoms with Crippen LogP contribution in [0.3, 0.4) is 0 Å². The predicted molar refractivity (Wildman–Crippen MR) is 94.6 cm³/mol. The molecule has 134 valence electrons. The van der Waals surface area contributed by atoms with Gasteiger partial charge in [-0.25, -0.2) is 8.42 Å². The van der Waals surface area contributed by atoms with Crippen molar-refractivity contribution < 1.29 is 13.2 Å². The molecular weight excluding hydrogens is 326 g/mol. The lowest BCUT2D eigenvalue weighted by atomic mass is 10.2. The Hall–Kier alpha value is -1.44. The van der Waals surface area contributed by atoms with Gasteiger partial charge in [0.1, 0.15) is 0 Å². The minimum absolute atomic E-state index is 0.132. The molecule has 0 spiro atoms. The van der Waals surface area contributed by atoms with Gasteiger partial charge in [0, 0.05) is 44.8 Å². The molecule has 1 fully saturated rings. The molecule has 24 heavy (non-hydrogen) atoms. The molecule has 1 aromatic rings. The lowest BCUT2D eigenvalue weighted by Crippen LogP contribution is -2.48. The van der Waals surface area contributed by atoms with Crippen LogP contribution in [0.1, 0.15) is 31.1 Å². The van der Waals surface area contributed by atoms with Crippen LogP contribution in [0.15, 0.2) is 29.2 Å². The lowest BCUT2D eigenvalue weighted by molar-refractivity contribution is 0.0772. The molecule has 1 aliphatic rings. The van der Waals surface area contributed by atoms with Crippen molar-refractivity contribution in [2.45, 2.75) is 25.7 Å². The van der Waals surface area contributed by atoms with Crippen LogP contribution in [0.5, 0.6) is 0 Å². The Labute approximate surface area is 145 Å². The minimum atomic E-state index is -3.55. The van der Waals surface area contributed by atoms with Gasteiger partial charge < -0.3 is 9.80 Å². The molecule has 1 aromatic carbocycles. The summed E-state index contributed by atoms with van der Waals surface area (Å²) in [5.74, 6) is -0.132. The van der Waals surface area contributed by atoms with E-state index in [4.69, 9.17) is 0 Å². The number of likely N-dealkylation sites (N-methyl/N-ethyl adjacent to an activating group) is 1. The molecule has 0 aliphatic carbocycles. The summed E-state index contributed by atoms with van der Waals surface area (Å²) in [6.45, 7) is 10.5. The smallest absolute Gasteiger partial charge is 0.253 e. The molecule has 0 atom stereocenters. The Morgan fingerprint density at radius 1 is 1.08 bits per heavy atom. The minimum Gasteiger partial charge on any atom is -0.339 e. The fourth-order valence-electron chi connectivity index (χ4n) is 2.92. The molecule has 0 N–H and O–H groups in total. The maximum absolute atomic E-state index is 12.8. The van der Waals surface area contributed by atoms with E-state index in [2.05, 4.69) is 11.8 Å².